The van der Waals surface area contributed by atoms with E-state index >= 15 is 0 Å². The van der Waals surface area contributed by atoms with Crippen LogP contribution in [0.5, 0.6) is 0 Å². The number of hydrogen-bond acceptors (Lipinski definition) is 3. The molecule has 2 aliphatic rings. The van der Waals surface area contributed by atoms with Gasteiger partial charge in [-0.05, 0) is 37.1 Å². The Morgan fingerprint density at radius 3 is 2.35 bits per heavy atom. The largest absolute Gasteiger partial charge is 0.379 e. The first-order chi connectivity index (χ1) is 9.92. The van der Waals surface area contributed by atoms with Gasteiger partial charge in [-0.1, -0.05) is 11.8 Å². The molecule has 3 heteroatoms. The van der Waals surface area contributed by atoms with E-state index in [1.54, 1.807) is 0 Å². The Hall–Kier alpha value is -1.50. The molecule has 106 valence electrons. The molecule has 1 aromatic rings. The maximum Gasteiger partial charge on any atom is 0.0606 e. The molecule has 0 aliphatic carbocycles. The van der Waals surface area contributed by atoms with Crippen molar-refractivity contribution in [2.24, 2.45) is 0 Å². The van der Waals surface area contributed by atoms with Crippen molar-refractivity contribution in [1.29, 1.82) is 0 Å². The Kier molecular flexibility index (Phi) is 4.57. The van der Waals surface area contributed by atoms with Crippen LogP contribution in [0, 0.1) is 11.8 Å². The van der Waals surface area contributed by atoms with Gasteiger partial charge in [-0.3, -0.25) is 4.90 Å². The van der Waals surface area contributed by atoms with Crippen LogP contribution in [0.25, 0.3) is 0 Å². The maximum absolute atomic E-state index is 5.33. The van der Waals surface area contributed by atoms with Gasteiger partial charge in [0.1, 0.15) is 0 Å². The van der Waals surface area contributed by atoms with E-state index in [0.29, 0.717) is 0 Å². The molecule has 0 aromatic heterocycles. The molecular formula is C17H22N2O. The van der Waals surface area contributed by atoms with Gasteiger partial charge in [0.25, 0.3) is 0 Å². The predicted octanol–water partition coefficient (Wildman–Crippen LogP) is 1.97. The van der Waals surface area contributed by atoms with Crippen molar-refractivity contribution < 1.29 is 4.74 Å². The van der Waals surface area contributed by atoms with Gasteiger partial charge >= 0.3 is 0 Å². The van der Waals surface area contributed by atoms with E-state index in [1.807, 2.05) is 0 Å². The molecule has 2 aliphatic heterocycles. The highest BCUT2D eigenvalue weighted by molar-refractivity contribution is 5.51. The molecule has 0 saturated carbocycles. The fourth-order valence-corrected chi connectivity index (χ4v) is 2.74. The second-order valence-corrected chi connectivity index (χ2v) is 5.43. The van der Waals surface area contributed by atoms with E-state index in [4.69, 9.17) is 4.74 Å². The first kappa shape index (κ1) is 13.5. The third kappa shape index (κ3) is 3.53. The van der Waals surface area contributed by atoms with Crippen LogP contribution in [0.4, 0.5) is 5.69 Å². The summed E-state index contributed by atoms with van der Waals surface area (Å²) in [5.41, 5.74) is 2.45. The molecule has 3 rings (SSSR count). The van der Waals surface area contributed by atoms with E-state index < -0.39 is 0 Å². The van der Waals surface area contributed by atoms with E-state index in [0.717, 1.165) is 38.4 Å². The Morgan fingerprint density at radius 1 is 0.950 bits per heavy atom. The average molecular weight is 270 g/mol. The smallest absolute Gasteiger partial charge is 0.0606 e. The third-order valence-corrected chi connectivity index (χ3v) is 3.98. The minimum atomic E-state index is 0.839. The highest BCUT2D eigenvalue weighted by Crippen LogP contribution is 2.20. The summed E-state index contributed by atoms with van der Waals surface area (Å²) in [5.74, 6) is 6.53. The zero-order valence-corrected chi connectivity index (χ0v) is 12.0. The fourth-order valence-electron chi connectivity index (χ4n) is 2.74. The number of benzene rings is 1. The summed E-state index contributed by atoms with van der Waals surface area (Å²) in [6, 6.07) is 8.67. The molecule has 1 aromatic carbocycles. The summed E-state index contributed by atoms with van der Waals surface area (Å²) < 4.78 is 5.33. The average Bonchev–Trinajstić information content (AvgIpc) is 3.03. The molecule has 3 nitrogen and oxygen atoms in total. The summed E-state index contributed by atoms with van der Waals surface area (Å²) in [7, 11) is 0. The maximum atomic E-state index is 5.33. The molecule has 20 heavy (non-hydrogen) atoms. The van der Waals surface area contributed by atoms with Crippen molar-refractivity contribution in [3.05, 3.63) is 29.8 Å². The molecule has 2 heterocycles. The van der Waals surface area contributed by atoms with Gasteiger partial charge in [0.2, 0.25) is 0 Å². The second kappa shape index (κ2) is 6.78. The summed E-state index contributed by atoms with van der Waals surface area (Å²) in [5, 5.41) is 0. The van der Waals surface area contributed by atoms with Crippen LogP contribution in [0.15, 0.2) is 24.3 Å². The molecule has 0 spiro atoms. The fraction of sp³-hybridized carbons (Fsp3) is 0.529. The van der Waals surface area contributed by atoms with Crippen molar-refractivity contribution >= 4 is 5.69 Å². The van der Waals surface area contributed by atoms with E-state index in [1.165, 1.54) is 31.6 Å². The quantitative estimate of drug-likeness (QED) is 0.764. The molecule has 0 atom stereocenters. The van der Waals surface area contributed by atoms with Gasteiger partial charge in [0, 0.05) is 37.4 Å². The Labute approximate surface area is 121 Å². The van der Waals surface area contributed by atoms with Gasteiger partial charge < -0.3 is 9.64 Å². The van der Waals surface area contributed by atoms with E-state index in [2.05, 4.69) is 45.9 Å². The van der Waals surface area contributed by atoms with E-state index in [-0.39, 0.29) is 0 Å². The van der Waals surface area contributed by atoms with Gasteiger partial charge in [0.15, 0.2) is 0 Å². The van der Waals surface area contributed by atoms with Crippen molar-refractivity contribution in [2.45, 2.75) is 12.8 Å². The lowest BCUT2D eigenvalue weighted by molar-refractivity contribution is 0.0443. The molecule has 2 fully saturated rings. The van der Waals surface area contributed by atoms with Crippen LogP contribution in [-0.2, 0) is 4.74 Å². The number of anilines is 1. The van der Waals surface area contributed by atoms with Gasteiger partial charge in [0.05, 0.1) is 19.8 Å². The van der Waals surface area contributed by atoms with Crippen molar-refractivity contribution in [3.8, 4) is 11.8 Å². The van der Waals surface area contributed by atoms with Gasteiger partial charge in [-0.2, -0.15) is 0 Å². The molecule has 0 N–H and O–H groups in total. The minimum Gasteiger partial charge on any atom is -0.379 e. The van der Waals surface area contributed by atoms with Gasteiger partial charge in [-0.25, -0.2) is 0 Å². The van der Waals surface area contributed by atoms with Gasteiger partial charge in [-0.15, -0.1) is 0 Å². The minimum absolute atomic E-state index is 0.839. The Morgan fingerprint density at radius 2 is 1.65 bits per heavy atom. The molecule has 0 unspecified atom stereocenters. The Bertz CT molecular complexity index is 474. The van der Waals surface area contributed by atoms with Crippen LogP contribution < -0.4 is 4.90 Å². The number of hydrogen-bond donors (Lipinski definition) is 0. The third-order valence-electron chi connectivity index (χ3n) is 3.98. The number of rotatable bonds is 2. The van der Waals surface area contributed by atoms with Crippen LogP contribution in [-0.4, -0.2) is 50.8 Å². The molecular weight excluding hydrogens is 248 g/mol. The van der Waals surface area contributed by atoms with Crippen molar-refractivity contribution in [1.82, 2.24) is 4.90 Å². The zero-order valence-electron chi connectivity index (χ0n) is 12.0. The topological polar surface area (TPSA) is 15.7 Å². The molecule has 2 saturated heterocycles. The standard InChI is InChI=1S/C17H22N2O/c1-2-11-19(10-1)17-7-5-16(6-8-17)4-3-9-18-12-14-20-15-13-18/h5-8H,1-2,9-15H2. The number of ether oxygens (including phenoxy) is 1. The van der Waals surface area contributed by atoms with Crippen molar-refractivity contribution in [2.75, 3.05) is 50.8 Å². The van der Waals surface area contributed by atoms with E-state index in [9.17, 15) is 0 Å². The van der Waals surface area contributed by atoms with Crippen LogP contribution in [0.3, 0.4) is 0 Å². The van der Waals surface area contributed by atoms with Crippen molar-refractivity contribution in [3.63, 3.8) is 0 Å². The molecule has 0 radical (unpaired) electrons. The van der Waals surface area contributed by atoms with Crippen LogP contribution in [0.2, 0.25) is 0 Å². The summed E-state index contributed by atoms with van der Waals surface area (Å²) in [6.07, 6.45) is 2.64. The highest BCUT2D eigenvalue weighted by atomic mass is 16.5. The predicted molar refractivity (Wildman–Crippen MR) is 82.0 cm³/mol. The highest BCUT2D eigenvalue weighted by Gasteiger charge is 2.11. The molecule has 0 amide bonds. The van der Waals surface area contributed by atoms with Crippen LogP contribution in [0.1, 0.15) is 18.4 Å². The SMILES string of the molecule is C(#Cc1ccc(N2CCCC2)cc1)CN1CCOCC1. The normalized spacial score (nSPS) is 19.7. The Balaban J connectivity index is 1.55. The number of nitrogens with zero attached hydrogens (tertiary/aromatic N) is 2. The second-order valence-electron chi connectivity index (χ2n) is 5.43. The lowest BCUT2D eigenvalue weighted by atomic mass is 10.2. The lowest BCUT2D eigenvalue weighted by Crippen LogP contribution is -2.36. The summed E-state index contributed by atoms with van der Waals surface area (Å²) in [6.45, 7) is 6.92. The first-order valence-corrected chi connectivity index (χ1v) is 7.56. The molecule has 0 bridgehead atoms. The lowest BCUT2D eigenvalue weighted by Gasteiger charge is -2.24. The summed E-state index contributed by atoms with van der Waals surface area (Å²) >= 11 is 0. The number of morpholine rings is 1. The van der Waals surface area contributed by atoms with Crippen LogP contribution >= 0.6 is 0 Å². The zero-order chi connectivity index (χ0) is 13.6. The summed E-state index contributed by atoms with van der Waals surface area (Å²) in [4.78, 5) is 4.79. The first-order valence-electron chi connectivity index (χ1n) is 7.56. The monoisotopic (exact) mass is 270 g/mol.